The van der Waals surface area contributed by atoms with E-state index in [1.807, 2.05) is 0 Å². The number of alkyl halides is 3. The molecule has 0 aromatic carbocycles. The molecule has 1 unspecified atom stereocenters. The molecule has 2 nitrogen and oxygen atoms in total. The molecule has 0 aromatic rings. The highest BCUT2D eigenvalue weighted by Crippen LogP contribution is 2.27. The maximum atomic E-state index is 12.1. The van der Waals surface area contributed by atoms with Crippen LogP contribution in [0, 0.1) is 10.3 Å². The summed E-state index contributed by atoms with van der Waals surface area (Å²) in [5.74, 6) is 0.271. The van der Waals surface area contributed by atoms with Gasteiger partial charge in [-0.25, -0.2) is 4.39 Å². The van der Waals surface area contributed by atoms with Crippen LogP contribution in [0.4, 0.5) is 4.39 Å². The summed E-state index contributed by atoms with van der Waals surface area (Å²) in [6.45, 7) is 0.831. The lowest BCUT2D eigenvalue weighted by Crippen LogP contribution is -2.35. The Labute approximate surface area is 75.0 Å². The first-order chi connectivity index (χ1) is 5.14. The monoisotopic (exact) mass is 201 g/mol. The van der Waals surface area contributed by atoms with Gasteiger partial charge in [0.15, 0.2) is 0 Å². The van der Waals surface area contributed by atoms with Gasteiger partial charge in [0.25, 0.3) is 0 Å². The summed E-state index contributed by atoms with van der Waals surface area (Å²) >= 11 is 11.0. The average molecular weight is 202 g/mol. The van der Waals surface area contributed by atoms with Crippen LogP contribution in [0.15, 0.2) is 5.18 Å². The molecule has 0 rings (SSSR count). The van der Waals surface area contributed by atoms with Crippen LogP contribution < -0.4 is 0 Å². The Morgan fingerprint density at radius 3 is 2.09 bits per heavy atom. The fraction of sp³-hybridized carbons (Fsp3) is 1.00. The van der Waals surface area contributed by atoms with Gasteiger partial charge in [-0.1, -0.05) is 12.1 Å². The SMILES string of the molecule is CC(CCl)(CCl)C(CF)N=O. The predicted molar refractivity (Wildman–Crippen MR) is 45.1 cm³/mol. The first-order valence-electron chi connectivity index (χ1n) is 3.15. The second-order valence-electron chi connectivity index (χ2n) is 2.70. The quantitative estimate of drug-likeness (QED) is 0.497. The van der Waals surface area contributed by atoms with Gasteiger partial charge in [0, 0.05) is 17.2 Å². The molecule has 11 heavy (non-hydrogen) atoms. The lowest BCUT2D eigenvalue weighted by molar-refractivity contribution is 0.272. The van der Waals surface area contributed by atoms with Crippen molar-refractivity contribution in [3.05, 3.63) is 4.91 Å². The molecular weight excluding hydrogens is 192 g/mol. The van der Waals surface area contributed by atoms with Crippen molar-refractivity contribution in [1.29, 1.82) is 0 Å². The van der Waals surface area contributed by atoms with Crippen LogP contribution in [0.1, 0.15) is 6.92 Å². The van der Waals surface area contributed by atoms with Crippen molar-refractivity contribution in [1.82, 2.24) is 0 Å². The first kappa shape index (κ1) is 11.1. The van der Waals surface area contributed by atoms with Crippen molar-refractivity contribution in [3.63, 3.8) is 0 Å². The van der Waals surface area contributed by atoms with E-state index in [2.05, 4.69) is 5.18 Å². The number of rotatable bonds is 5. The van der Waals surface area contributed by atoms with Crippen molar-refractivity contribution in [2.75, 3.05) is 18.4 Å². The summed E-state index contributed by atoms with van der Waals surface area (Å²) in [5, 5.41) is 2.63. The van der Waals surface area contributed by atoms with E-state index in [0.29, 0.717) is 0 Å². The molecule has 0 N–H and O–H groups in total. The van der Waals surface area contributed by atoms with Gasteiger partial charge in [-0.15, -0.1) is 23.2 Å². The molecular formula is C6H10Cl2FNO. The van der Waals surface area contributed by atoms with Crippen molar-refractivity contribution in [2.45, 2.75) is 13.0 Å². The van der Waals surface area contributed by atoms with E-state index in [1.54, 1.807) is 6.92 Å². The second-order valence-corrected chi connectivity index (χ2v) is 3.23. The Balaban J connectivity index is 4.30. The summed E-state index contributed by atoms with van der Waals surface area (Å²) in [6, 6.07) is -0.933. The molecule has 66 valence electrons. The molecule has 5 heteroatoms. The molecule has 0 bridgehead atoms. The Morgan fingerprint density at radius 2 is 2.00 bits per heavy atom. The third-order valence-electron chi connectivity index (χ3n) is 1.69. The van der Waals surface area contributed by atoms with Gasteiger partial charge < -0.3 is 0 Å². The number of hydrogen-bond donors (Lipinski definition) is 0. The van der Waals surface area contributed by atoms with E-state index < -0.39 is 18.1 Å². The van der Waals surface area contributed by atoms with Gasteiger partial charge in [-0.2, -0.15) is 4.91 Å². The van der Waals surface area contributed by atoms with Crippen LogP contribution >= 0.6 is 23.2 Å². The van der Waals surface area contributed by atoms with Crippen molar-refractivity contribution in [3.8, 4) is 0 Å². The van der Waals surface area contributed by atoms with E-state index >= 15 is 0 Å². The fourth-order valence-electron chi connectivity index (χ4n) is 0.556. The molecule has 0 fully saturated rings. The smallest absolute Gasteiger partial charge is 0.128 e. The van der Waals surface area contributed by atoms with E-state index in [1.165, 1.54) is 0 Å². The summed E-state index contributed by atoms with van der Waals surface area (Å²) in [4.78, 5) is 10.1. The van der Waals surface area contributed by atoms with Crippen molar-refractivity contribution in [2.24, 2.45) is 10.6 Å². The Bertz CT molecular complexity index is 130. The van der Waals surface area contributed by atoms with Gasteiger partial charge >= 0.3 is 0 Å². The maximum absolute atomic E-state index is 12.1. The van der Waals surface area contributed by atoms with Crippen LogP contribution in [0.2, 0.25) is 0 Å². The highest BCUT2D eigenvalue weighted by Gasteiger charge is 2.34. The Hall–Kier alpha value is 0.110. The standard InChI is InChI=1S/C6H10Cl2FNO/c1-6(3-7,4-8)5(2-9)10-11/h5H,2-4H2,1H3. The van der Waals surface area contributed by atoms with Crippen LogP contribution in [0.3, 0.4) is 0 Å². The van der Waals surface area contributed by atoms with Crippen molar-refractivity contribution < 1.29 is 4.39 Å². The molecule has 1 atom stereocenters. The van der Waals surface area contributed by atoms with Gasteiger partial charge in [0.1, 0.15) is 12.7 Å². The molecule has 0 saturated heterocycles. The summed E-state index contributed by atoms with van der Waals surface area (Å²) < 4.78 is 12.1. The Morgan fingerprint density at radius 1 is 1.55 bits per heavy atom. The molecule has 0 saturated carbocycles. The third-order valence-corrected chi connectivity index (χ3v) is 2.91. The van der Waals surface area contributed by atoms with Gasteiger partial charge in [0.2, 0.25) is 0 Å². The summed E-state index contributed by atoms with van der Waals surface area (Å²) in [7, 11) is 0. The lowest BCUT2D eigenvalue weighted by atomic mass is 9.88. The molecule has 0 aliphatic carbocycles. The number of hydrogen-bond acceptors (Lipinski definition) is 2. The van der Waals surface area contributed by atoms with E-state index in [-0.39, 0.29) is 11.8 Å². The summed E-state index contributed by atoms with van der Waals surface area (Å²) in [6.07, 6.45) is 0. The van der Waals surface area contributed by atoms with Crippen LogP contribution in [-0.2, 0) is 0 Å². The fourth-order valence-corrected chi connectivity index (χ4v) is 1.20. The minimum absolute atomic E-state index is 0.136. The topological polar surface area (TPSA) is 29.4 Å². The zero-order chi connectivity index (χ0) is 8.91. The number of halogens is 3. The number of nitroso groups, excluding NO2 is 1. The average Bonchev–Trinajstić information content (AvgIpc) is 2.06. The van der Waals surface area contributed by atoms with E-state index in [0.717, 1.165) is 0 Å². The molecule has 0 aromatic heterocycles. The van der Waals surface area contributed by atoms with Crippen LogP contribution in [0.5, 0.6) is 0 Å². The van der Waals surface area contributed by atoms with Crippen LogP contribution in [-0.4, -0.2) is 24.5 Å². The third kappa shape index (κ3) is 2.56. The number of nitrogens with zero attached hydrogens (tertiary/aromatic N) is 1. The molecule has 0 aliphatic rings. The highest BCUT2D eigenvalue weighted by molar-refractivity contribution is 6.21. The van der Waals surface area contributed by atoms with Gasteiger partial charge in [-0.3, -0.25) is 0 Å². The van der Waals surface area contributed by atoms with Gasteiger partial charge in [0.05, 0.1) is 0 Å². The van der Waals surface area contributed by atoms with Crippen molar-refractivity contribution >= 4 is 23.2 Å². The van der Waals surface area contributed by atoms with E-state index in [9.17, 15) is 9.30 Å². The zero-order valence-electron chi connectivity index (χ0n) is 6.19. The molecule has 0 heterocycles. The minimum atomic E-state index is -0.933. The highest BCUT2D eigenvalue weighted by atomic mass is 35.5. The minimum Gasteiger partial charge on any atom is -0.249 e. The zero-order valence-corrected chi connectivity index (χ0v) is 7.70. The molecule has 0 amide bonds. The first-order valence-corrected chi connectivity index (χ1v) is 4.22. The maximum Gasteiger partial charge on any atom is 0.128 e. The second kappa shape index (κ2) is 4.88. The Kier molecular flexibility index (Phi) is 4.93. The lowest BCUT2D eigenvalue weighted by Gasteiger charge is -2.26. The van der Waals surface area contributed by atoms with Gasteiger partial charge in [-0.05, 0) is 0 Å². The largest absolute Gasteiger partial charge is 0.249 e. The normalized spacial score (nSPS) is 14.5. The molecule has 0 spiro atoms. The predicted octanol–water partition coefficient (Wildman–Crippen LogP) is 2.57. The molecule has 0 aliphatic heterocycles. The molecule has 0 radical (unpaired) electrons. The summed E-state index contributed by atoms with van der Waals surface area (Å²) in [5.41, 5.74) is -0.723. The van der Waals surface area contributed by atoms with Crippen LogP contribution in [0.25, 0.3) is 0 Å². The van der Waals surface area contributed by atoms with E-state index in [4.69, 9.17) is 23.2 Å².